The minimum absolute atomic E-state index is 0.172. The molecule has 0 bridgehead atoms. The highest BCUT2D eigenvalue weighted by atomic mass is 32.2. The quantitative estimate of drug-likeness (QED) is 0.518. The third kappa shape index (κ3) is 5.36. The molecule has 8 nitrogen and oxygen atoms in total. The maximum atomic E-state index is 12.3. The minimum Gasteiger partial charge on any atom is -0.497 e. The highest BCUT2D eigenvalue weighted by Gasteiger charge is 2.19. The first-order chi connectivity index (χ1) is 12.0. The van der Waals surface area contributed by atoms with Crippen molar-refractivity contribution in [2.45, 2.75) is 30.3 Å². The van der Waals surface area contributed by atoms with Gasteiger partial charge in [-0.3, -0.25) is 9.36 Å². The van der Waals surface area contributed by atoms with Crippen molar-refractivity contribution in [1.82, 2.24) is 14.8 Å². The average Bonchev–Trinajstić information content (AvgIpc) is 2.96. The van der Waals surface area contributed by atoms with Gasteiger partial charge in [0.1, 0.15) is 5.75 Å². The fourth-order valence-electron chi connectivity index (χ4n) is 2.09. The lowest BCUT2D eigenvalue weighted by Gasteiger charge is -2.12. The molecule has 25 heavy (non-hydrogen) atoms. The number of H-pyrrole nitrogens is 1. The molecule has 0 saturated carbocycles. The molecule has 1 heterocycles. The number of carbonyl (C=O) groups is 1. The van der Waals surface area contributed by atoms with Gasteiger partial charge in [0, 0.05) is 25.9 Å². The Balaban J connectivity index is 1.97. The van der Waals surface area contributed by atoms with Crippen LogP contribution < -0.4 is 15.7 Å². The van der Waals surface area contributed by atoms with Crippen LogP contribution in [0.2, 0.25) is 0 Å². The number of hydrogen-bond donors (Lipinski definition) is 2. The molecule has 136 valence electrons. The van der Waals surface area contributed by atoms with Gasteiger partial charge in [-0.1, -0.05) is 11.8 Å². The number of rotatable bonds is 9. The lowest BCUT2D eigenvalue weighted by Crippen LogP contribution is -2.24. The van der Waals surface area contributed by atoms with Gasteiger partial charge in [0.2, 0.25) is 5.91 Å². The Morgan fingerprint density at radius 2 is 2.08 bits per heavy atom. The highest BCUT2D eigenvalue weighted by molar-refractivity contribution is 8.00. The number of carbonyl (C=O) groups excluding carboxylic acids is 1. The third-order valence-corrected chi connectivity index (χ3v) is 4.55. The van der Waals surface area contributed by atoms with Crippen LogP contribution in [0.4, 0.5) is 5.69 Å². The predicted octanol–water partition coefficient (Wildman–Crippen LogP) is 1.74. The second-order valence-corrected chi connectivity index (χ2v) is 6.60. The molecule has 0 aliphatic carbocycles. The monoisotopic (exact) mass is 366 g/mol. The minimum atomic E-state index is -0.418. The number of ether oxygens (including phenoxy) is 2. The summed E-state index contributed by atoms with van der Waals surface area (Å²) >= 11 is 1.23. The van der Waals surface area contributed by atoms with Crippen molar-refractivity contribution in [3.63, 3.8) is 0 Å². The Kier molecular flexibility index (Phi) is 7.08. The number of anilines is 1. The molecule has 0 fully saturated rings. The van der Waals surface area contributed by atoms with E-state index in [1.807, 2.05) is 0 Å². The molecule has 0 aliphatic heterocycles. The SMILES string of the molecule is COCCCn1c(S[C@H](C)C(=O)Nc2ccc(OC)cc2)n[nH]c1=O. The van der Waals surface area contributed by atoms with E-state index < -0.39 is 5.25 Å². The molecule has 0 unspecified atom stereocenters. The molecular weight excluding hydrogens is 344 g/mol. The number of hydrogen-bond acceptors (Lipinski definition) is 6. The van der Waals surface area contributed by atoms with Crippen molar-refractivity contribution >= 4 is 23.4 Å². The number of nitrogens with zero attached hydrogens (tertiary/aromatic N) is 2. The molecule has 1 aromatic heterocycles. The number of nitrogens with one attached hydrogen (secondary N) is 2. The van der Waals surface area contributed by atoms with Crippen LogP contribution >= 0.6 is 11.8 Å². The van der Waals surface area contributed by atoms with Crippen LogP contribution in [0.25, 0.3) is 0 Å². The van der Waals surface area contributed by atoms with Crippen molar-refractivity contribution in [3.05, 3.63) is 34.7 Å². The van der Waals surface area contributed by atoms with E-state index in [1.54, 1.807) is 45.4 Å². The van der Waals surface area contributed by atoms with E-state index in [4.69, 9.17) is 9.47 Å². The first kappa shape index (κ1) is 19.1. The van der Waals surface area contributed by atoms with Gasteiger partial charge in [-0.15, -0.1) is 5.10 Å². The van der Waals surface area contributed by atoms with E-state index in [1.165, 1.54) is 16.3 Å². The van der Waals surface area contributed by atoms with Gasteiger partial charge in [0.05, 0.1) is 12.4 Å². The summed E-state index contributed by atoms with van der Waals surface area (Å²) < 4.78 is 11.6. The summed E-state index contributed by atoms with van der Waals surface area (Å²) in [6.07, 6.45) is 0.690. The van der Waals surface area contributed by atoms with Crippen molar-refractivity contribution in [3.8, 4) is 5.75 Å². The number of amides is 1. The van der Waals surface area contributed by atoms with Crippen molar-refractivity contribution in [2.75, 3.05) is 26.1 Å². The second-order valence-electron chi connectivity index (χ2n) is 5.29. The van der Waals surface area contributed by atoms with Crippen LogP contribution in [0.15, 0.2) is 34.2 Å². The second kappa shape index (κ2) is 9.28. The lowest BCUT2D eigenvalue weighted by atomic mass is 10.3. The Morgan fingerprint density at radius 1 is 1.36 bits per heavy atom. The lowest BCUT2D eigenvalue weighted by molar-refractivity contribution is -0.115. The summed E-state index contributed by atoms with van der Waals surface area (Å²) in [6.45, 7) is 2.80. The van der Waals surface area contributed by atoms with Crippen LogP contribution in [0.1, 0.15) is 13.3 Å². The van der Waals surface area contributed by atoms with Crippen LogP contribution in [0.5, 0.6) is 5.75 Å². The first-order valence-electron chi connectivity index (χ1n) is 7.81. The van der Waals surface area contributed by atoms with E-state index in [0.29, 0.717) is 30.4 Å². The topological polar surface area (TPSA) is 98.2 Å². The molecule has 9 heteroatoms. The number of aromatic nitrogens is 3. The van der Waals surface area contributed by atoms with Crippen LogP contribution in [0.3, 0.4) is 0 Å². The van der Waals surface area contributed by atoms with E-state index in [9.17, 15) is 9.59 Å². The fraction of sp³-hybridized carbons (Fsp3) is 0.438. The molecule has 1 atom stereocenters. The summed E-state index contributed by atoms with van der Waals surface area (Å²) in [4.78, 5) is 24.2. The number of thioether (sulfide) groups is 1. The number of aromatic amines is 1. The number of benzene rings is 1. The van der Waals surface area contributed by atoms with Gasteiger partial charge in [0.25, 0.3) is 0 Å². The van der Waals surface area contributed by atoms with Crippen LogP contribution in [0, 0.1) is 0 Å². The molecule has 0 saturated heterocycles. The van der Waals surface area contributed by atoms with Gasteiger partial charge >= 0.3 is 5.69 Å². The molecule has 0 radical (unpaired) electrons. The molecule has 0 aliphatic rings. The van der Waals surface area contributed by atoms with Crippen molar-refractivity contribution in [1.29, 1.82) is 0 Å². The normalized spacial score (nSPS) is 12.0. The Hall–Kier alpha value is -2.26. The zero-order valence-corrected chi connectivity index (χ0v) is 15.3. The van der Waals surface area contributed by atoms with Crippen LogP contribution in [-0.4, -0.2) is 46.7 Å². The maximum absolute atomic E-state index is 12.3. The summed E-state index contributed by atoms with van der Waals surface area (Å²) in [6, 6.07) is 7.08. The first-order valence-corrected chi connectivity index (χ1v) is 8.69. The third-order valence-electron chi connectivity index (χ3n) is 3.46. The molecule has 2 rings (SSSR count). The zero-order valence-electron chi connectivity index (χ0n) is 14.4. The largest absolute Gasteiger partial charge is 0.497 e. The Labute approximate surface area is 149 Å². The smallest absolute Gasteiger partial charge is 0.343 e. The predicted molar refractivity (Wildman–Crippen MR) is 96.3 cm³/mol. The van der Waals surface area contributed by atoms with E-state index in [2.05, 4.69) is 15.5 Å². The van der Waals surface area contributed by atoms with Gasteiger partial charge in [0.15, 0.2) is 5.16 Å². The van der Waals surface area contributed by atoms with Gasteiger partial charge in [-0.2, -0.15) is 0 Å². The van der Waals surface area contributed by atoms with Gasteiger partial charge in [-0.05, 0) is 37.6 Å². The molecule has 1 aromatic carbocycles. The summed E-state index contributed by atoms with van der Waals surface area (Å²) in [5.41, 5.74) is 0.388. The molecule has 0 spiro atoms. The van der Waals surface area contributed by atoms with Crippen molar-refractivity contribution < 1.29 is 14.3 Å². The standard InChI is InChI=1S/C16H22N4O4S/c1-11(14(21)17-12-5-7-13(24-3)8-6-12)25-16-19-18-15(22)20(16)9-4-10-23-2/h5-8,11H,4,9-10H2,1-3H3,(H,17,21)(H,18,22)/t11-/m1/s1. The van der Waals surface area contributed by atoms with E-state index in [-0.39, 0.29) is 11.6 Å². The molecule has 1 amide bonds. The summed E-state index contributed by atoms with van der Waals surface area (Å²) in [5, 5.41) is 9.32. The highest BCUT2D eigenvalue weighted by Crippen LogP contribution is 2.22. The summed E-state index contributed by atoms with van der Waals surface area (Å²) in [5.74, 6) is 0.547. The van der Waals surface area contributed by atoms with Crippen molar-refractivity contribution in [2.24, 2.45) is 0 Å². The molecule has 2 aromatic rings. The maximum Gasteiger partial charge on any atom is 0.343 e. The average molecular weight is 366 g/mol. The Bertz CT molecular complexity index is 741. The Morgan fingerprint density at radius 3 is 2.72 bits per heavy atom. The number of methoxy groups -OCH3 is 2. The van der Waals surface area contributed by atoms with E-state index >= 15 is 0 Å². The summed E-state index contributed by atoms with van der Waals surface area (Å²) in [7, 11) is 3.20. The molecule has 2 N–H and O–H groups in total. The zero-order chi connectivity index (χ0) is 18.2. The molecular formula is C16H22N4O4S. The van der Waals surface area contributed by atoms with Gasteiger partial charge in [-0.25, -0.2) is 9.89 Å². The van der Waals surface area contributed by atoms with Crippen LogP contribution in [-0.2, 0) is 16.1 Å². The van der Waals surface area contributed by atoms with Gasteiger partial charge < -0.3 is 14.8 Å². The van der Waals surface area contributed by atoms with E-state index in [0.717, 1.165) is 5.75 Å². The fourth-order valence-corrected chi connectivity index (χ4v) is 2.97.